The number of nitro groups is 1. The summed E-state index contributed by atoms with van der Waals surface area (Å²) < 4.78 is 16.8. The minimum atomic E-state index is -1.21. The van der Waals surface area contributed by atoms with Gasteiger partial charge in [0.25, 0.3) is 11.6 Å². The predicted molar refractivity (Wildman–Crippen MR) is 166 cm³/mol. The molecule has 0 saturated carbocycles. The summed E-state index contributed by atoms with van der Waals surface area (Å²) in [6.45, 7) is 2.52. The molecule has 4 aromatic rings. The van der Waals surface area contributed by atoms with E-state index in [1.165, 1.54) is 36.4 Å². The predicted octanol–water partition coefficient (Wildman–Crippen LogP) is 5.66. The highest BCUT2D eigenvalue weighted by Gasteiger charge is 2.60. The number of amides is 2. The first-order chi connectivity index (χ1) is 22.3. The number of nitro benzene ring substituents is 1. The molecule has 2 aliphatic rings. The highest BCUT2D eigenvalue weighted by Crippen LogP contribution is 2.49. The second-order valence-corrected chi connectivity index (χ2v) is 10.6. The van der Waals surface area contributed by atoms with Crippen LogP contribution in [0.1, 0.15) is 35.3 Å². The Labute approximate surface area is 263 Å². The van der Waals surface area contributed by atoms with Crippen molar-refractivity contribution in [1.82, 2.24) is 0 Å². The van der Waals surface area contributed by atoms with E-state index in [9.17, 15) is 24.5 Å². The summed E-state index contributed by atoms with van der Waals surface area (Å²) in [5.74, 6) is -1.75. The lowest BCUT2D eigenvalue weighted by Crippen LogP contribution is -2.37. The zero-order chi connectivity index (χ0) is 32.4. The normalized spacial score (nSPS) is 18.8. The van der Waals surface area contributed by atoms with E-state index in [2.05, 4.69) is 0 Å². The number of anilines is 2. The van der Waals surface area contributed by atoms with E-state index < -0.39 is 40.8 Å². The maximum absolute atomic E-state index is 14.1. The van der Waals surface area contributed by atoms with Crippen LogP contribution in [-0.2, 0) is 14.4 Å². The number of methoxy groups -OCH3 is 1. The fraction of sp³-hybridized carbons (Fsp3) is 0.206. The molecule has 0 radical (unpaired) electrons. The molecule has 4 aromatic carbocycles. The van der Waals surface area contributed by atoms with Gasteiger partial charge in [-0.1, -0.05) is 37.3 Å². The molecule has 2 saturated heterocycles. The van der Waals surface area contributed by atoms with Crippen molar-refractivity contribution in [3.8, 4) is 17.2 Å². The van der Waals surface area contributed by atoms with E-state index in [1.807, 2.05) is 6.92 Å². The average Bonchev–Trinajstić information content (AvgIpc) is 3.59. The van der Waals surface area contributed by atoms with Gasteiger partial charge in [-0.25, -0.2) is 14.8 Å². The Balaban J connectivity index is 1.37. The van der Waals surface area contributed by atoms with E-state index in [4.69, 9.17) is 19.0 Å². The third-order valence-electron chi connectivity index (χ3n) is 7.72. The highest BCUT2D eigenvalue weighted by molar-refractivity contribution is 6.24. The highest BCUT2D eigenvalue weighted by atomic mass is 16.7. The van der Waals surface area contributed by atoms with Crippen molar-refractivity contribution in [3.05, 3.63) is 118 Å². The van der Waals surface area contributed by atoms with Gasteiger partial charge in [-0.05, 0) is 66.6 Å². The largest absolute Gasteiger partial charge is 0.494 e. The Morgan fingerprint density at radius 2 is 1.65 bits per heavy atom. The molecule has 2 aliphatic heterocycles. The van der Waals surface area contributed by atoms with E-state index >= 15 is 0 Å². The molecule has 0 bridgehead atoms. The Morgan fingerprint density at radius 3 is 2.35 bits per heavy atom. The van der Waals surface area contributed by atoms with E-state index in [0.717, 1.165) is 11.3 Å². The first-order valence-corrected chi connectivity index (χ1v) is 14.6. The molecule has 3 atom stereocenters. The van der Waals surface area contributed by atoms with Gasteiger partial charge in [0.15, 0.2) is 17.6 Å². The number of esters is 1. The summed E-state index contributed by atoms with van der Waals surface area (Å²) in [7, 11) is 1.41. The number of hydroxylamine groups is 1. The molecule has 0 N–H and O–H groups in total. The Kier molecular flexibility index (Phi) is 8.36. The molecule has 2 fully saturated rings. The van der Waals surface area contributed by atoms with Crippen LogP contribution in [0, 0.1) is 16.0 Å². The van der Waals surface area contributed by atoms with Crippen LogP contribution in [0.5, 0.6) is 17.2 Å². The number of benzene rings is 4. The molecule has 2 heterocycles. The summed E-state index contributed by atoms with van der Waals surface area (Å²) in [5.41, 5.74) is 1.27. The molecule has 12 nitrogen and oxygen atoms in total. The third-order valence-corrected chi connectivity index (χ3v) is 7.72. The van der Waals surface area contributed by atoms with E-state index in [1.54, 1.807) is 72.8 Å². The van der Waals surface area contributed by atoms with Crippen LogP contribution < -0.4 is 24.2 Å². The second-order valence-electron chi connectivity index (χ2n) is 10.6. The molecule has 0 unspecified atom stereocenters. The molecule has 12 heteroatoms. The number of hydrogen-bond acceptors (Lipinski definition) is 10. The zero-order valence-corrected chi connectivity index (χ0v) is 24.9. The van der Waals surface area contributed by atoms with Crippen LogP contribution in [0.25, 0.3) is 0 Å². The minimum absolute atomic E-state index is 0.137. The van der Waals surface area contributed by atoms with Crippen LogP contribution in [0.2, 0.25) is 0 Å². The van der Waals surface area contributed by atoms with Crippen LogP contribution in [0.15, 0.2) is 97.1 Å². The van der Waals surface area contributed by atoms with Crippen molar-refractivity contribution >= 4 is 34.8 Å². The lowest BCUT2D eigenvalue weighted by atomic mass is 9.90. The monoisotopic (exact) mass is 623 g/mol. The number of ether oxygens (including phenoxy) is 3. The number of imide groups is 1. The van der Waals surface area contributed by atoms with Gasteiger partial charge in [0.05, 0.1) is 41.6 Å². The molecule has 0 spiro atoms. The maximum atomic E-state index is 14.1. The summed E-state index contributed by atoms with van der Waals surface area (Å²) in [6, 6.07) is 24.7. The summed E-state index contributed by atoms with van der Waals surface area (Å²) in [5, 5.41) is 12.9. The summed E-state index contributed by atoms with van der Waals surface area (Å²) >= 11 is 0. The van der Waals surface area contributed by atoms with Gasteiger partial charge in [-0.3, -0.25) is 24.5 Å². The zero-order valence-electron chi connectivity index (χ0n) is 24.9. The molecule has 234 valence electrons. The number of non-ortho nitro benzene ring substituents is 1. The summed E-state index contributed by atoms with van der Waals surface area (Å²) in [6.07, 6.45) is -0.385. The van der Waals surface area contributed by atoms with Crippen LogP contribution >= 0.6 is 0 Å². The smallest absolute Gasteiger partial charge is 0.343 e. The lowest BCUT2D eigenvalue weighted by Gasteiger charge is -2.29. The molecule has 0 aliphatic carbocycles. The van der Waals surface area contributed by atoms with Gasteiger partial charge in [-0.15, -0.1) is 0 Å². The van der Waals surface area contributed by atoms with E-state index in [-0.39, 0.29) is 22.9 Å². The molecule has 46 heavy (non-hydrogen) atoms. The van der Waals surface area contributed by atoms with Crippen LogP contribution in [0.3, 0.4) is 0 Å². The van der Waals surface area contributed by atoms with Gasteiger partial charge in [0, 0.05) is 12.1 Å². The van der Waals surface area contributed by atoms with Crippen molar-refractivity contribution in [1.29, 1.82) is 0 Å². The minimum Gasteiger partial charge on any atom is -0.494 e. The number of nitrogens with zero attached hydrogens (tertiary/aromatic N) is 3. The number of carbonyl (C=O) groups excluding carboxylic acids is 3. The van der Waals surface area contributed by atoms with Gasteiger partial charge in [0.2, 0.25) is 5.91 Å². The molecular weight excluding hydrogens is 594 g/mol. The Bertz CT molecular complexity index is 1800. The van der Waals surface area contributed by atoms with Gasteiger partial charge >= 0.3 is 5.97 Å². The summed E-state index contributed by atoms with van der Waals surface area (Å²) in [4.78, 5) is 58.9. The maximum Gasteiger partial charge on any atom is 0.343 e. The van der Waals surface area contributed by atoms with Crippen molar-refractivity contribution in [2.45, 2.75) is 25.5 Å². The van der Waals surface area contributed by atoms with E-state index in [0.29, 0.717) is 29.2 Å². The van der Waals surface area contributed by atoms with Crippen molar-refractivity contribution in [3.63, 3.8) is 0 Å². The standard InChI is InChI=1S/C34H29N3O9/c1-3-18-44-26-15-13-23(14-16-26)35-32(38)29-30(36(46-31(29)33(35)39)24-10-7-11-25(20-24)37(41)42)22-12-17-27(28(19-22)43-2)45-34(40)21-8-5-4-6-9-21/h4-17,19-20,29-31H,3,18H2,1-2H3/t29-,30-,31+/m1/s1. The fourth-order valence-corrected chi connectivity index (χ4v) is 5.57. The van der Waals surface area contributed by atoms with Crippen molar-refractivity contribution < 1.29 is 38.4 Å². The van der Waals surface area contributed by atoms with Crippen LogP contribution in [-0.4, -0.2) is 42.5 Å². The fourth-order valence-electron chi connectivity index (χ4n) is 5.57. The topological polar surface area (TPSA) is 138 Å². The lowest BCUT2D eigenvalue weighted by molar-refractivity contribution is -0.384. The van der Waals surface area contributed by atoms with Crippen molar-refractivity contribution in [2.75, 3.05) is 23.7 Å². The molecule has 6 rings (SSSR count). The molecule has 2 amide bonds. The van der Waals surface area contributed by atoms with Crippen LogP contribution in [0.4, 0.5) is 17.1 Å². The number of rotatable bonds is 10. The molecule has 0 aromatic heterocycles. The quantitative estimate of drug-likeness (QED) is 0.0715. The average molecular weight is 624 g/mol. The van der Waals surface area contributed by atoms with Gasteiger partial charge in [-0.2, -0.15) is 0 Å². The number of hydrogen-bond donors (Lipinski definition) is 0. The van der Waals surface area contributed by atoms with Crippen molar-refractivity contribution in [2.24, 2.45) is 5.92 Å². The van der Waals surface area contributed by atoms with Gasteiger partial charge in [0.1, 0.15) is 11.7 Å². The first kappa shape index (κ1) is 30.3. The number of fused-ring (bicyclic) bond motifs is 1. The Hall–Kier alpha value is -5.75. The Morgan fingerprint density at radius 1 is 0.891 bits per heavy atom. The molecular formula is C34H29N3O9. The third kappa shape index (κ3) is 5.61. The second kappa shape index (κ2) is 12.7. The SMILES string of the molecule is CCCOc1ccc(N2C(=O)[C@H]3[C@H](ON(c4cccc([N+](=O)[O-])c4)[C@@H]3c3ccc(OC(=O)c4ccccc4)c(OC)c3)C2=O)cc1. The first-order valence-electron chi connectivity index (χ1n) is 14.6. The van der Waals surface area contributed by atoms with Gasteiger partial charge < -0.3 is 14.2 Å². The number of carbonyl (C=O) groups is 3.